The quantitative estimate of drug-likeness (QED) is 0.657. The van der Waals surface area contributed by atoms with Crippen LogP contribution in [0.25, 0.3) is 11.5 Å². The van der Waals surface area contributed by atoms with Gasteiger partial charge in [0.2, 0.25) is 0 Å². The summed E-state index contributed by atoms with van der Waals surface area (Å²) >= 11 is 0. The fourth-order valence-electron chi connectivity index (χ4n) is 1.64. The Hall–Kier alpha value is -2.44. The van der Waals surface area contributed by atoms with Gasteiger partial charge in [0.15, 0.2) is 5.82 Å². The van der Waals surface area contributed by atoms with Crippen molar-refractivity contribution in [3.8, 4) is 11.5 Å². The van der Waals surface area contributed by atoms with Gasteiger partial charge >= 0.3 is 0 Å². The predicted molar refractivity (Wildman–Crippen MR) is 69.9 cm³/mol. The molecule has 1 aromatic carbocycles. The fourth-order valence-corrected chi connectivity index (χ4v) is 1.64. The van der Waals surface area contributed by atoms with Crippen molar-refractivity contribution in [3.63, 3.8) is 0 Å². The van der Waals surface area contributed by atoms with Crippen molar-refractivity contribution in [2.45, 2.75) is 20.3 Å². The third kappa shape index (κ3) is 2.87. The summed E-state index contributed by atoms with van der Waals surface area (Å²) in [4.78, 5) is 14.7. The number of hydrogen-bond acceptors (Lipinski definition) is 6. The lowest BCUT2D eigenvalue weighted by atomic mass is 10.1. The van der Waals surface area contributed by atoms with E-state index < -0.39 is 4.92 Å². The minimum atomic E-state index is -0.426. The van der Waals surface area contributed by atoms with Crippen molar-refractivity contribution in [2.24, 2.45) is 0 Å². The van der Waals surface area contributed by atoms with Crippen molar-refractivity contribution >= 4 is 11.4 Å². The van der Waals surface area contributed by atoms with E-state index in [0.29, 0.717) is 23.6 Å². The zero-order valence-electron chi connectivity index (χ0n) is 10.7. The molecule has 0 unspecified atom stereocenters. The van der Waals surface area contributed by atoms with Gasteiger partial charge in [-0.15, -0.1) is 0 Å². The molecule has 0 saturated carbocycles. The van der Waals surface area contributed by atoms with Crippen molar-refractivity contribution in [2.75, 3.05) is 11.9 Å². The van der Waals surface area contributed by atoms with Crippen LogP contribution in [-0.4, -0.2) is 21.6 Å². The number of nitro benzene ring substituents is 1. The average Bonchev–Trinajstić information content (AvgIpc) is 2.82. The number of anilines is 1. The molecular formula is C12H14N4O3. The largest absolute Gasteiger partial charge is 0.380 e. The molecular weight excluding hydrogens is 248 g/mol. The maximum absolute atomic E-state index is 11.1. The lowest BCUT2D eigenvalue weighted by Crippen LogP contribution is -2.03. The molecule has 1 heterocycles. The van der Waals surface area contributed by atoms with Crippen LogP contribution in [0.5, 0.6) is 0 Å². The molecule has 0 saturated heterocycles. The predicted octanol–water partition coefficient (Wildman–Crippen LogP) is 2.78. The number of nitrogens with zero attached hydrogens (tertiary/aromatic N) is 3. The van der Waals surface area contributed by atoms with Crippen LogP contribution < -0.4 is 5.32 Å². The number of rotatable bonds is 5. The molecule has 1 aromatic heterocycles. The Balaban J connectivity index is 2.38. The second-order valence-electron chi connectivity index (χ2n) is 4.06. The molecule has 7 nitrogen and oxygen atoms in total. The first kappa shape index (κ1) is 13.0. The van der Waals surface area contributed by atoms with Crippen molar-refractivity contribution in [3.05, 3.63) is 34.1 Å². The highest BCUT2D eigenvalue weighted by atomic mass is 16.6. The molecule has 0 aliphatic rings. The van der Waals surface area contributed by atoms with Crippen LogP contribution in [0.2, 0.25) is 0 Å². The molecule has 0 fully saturated rings. The Labute approximate surface area is 109 Å². The van der Waals surface area contributed by atoms with Gasteiger partial charge in [0.25, 0.3) is 11.6 Å². The van der Waals surface area contributed by atoms with Crippen molar-refractivity contribution in [1.82, 2.24) is 10.1 Å². The molecule has 0 amide bonds. The summed E-state index contributed by atoms with van der Waals surface area (Å²) in [7, 11) is 0. The topological polar surface area (TPSA) is 94.1 Å². The van der Waals surface area contributed by atoms with E-state index in [4.69, 9.17) is 4.52 Å². The monoisotopic (exact) mass is 262 g/mol. The first-order valence-electron chi connectivity index (χ1n) is 5.94. The van der Waals surface area contributed by atoms with E-state index in [1.807, 2.05) is 6.92 Å². The Bertz CT molecular complexity index is 594. The van der Waals surface area contributed by atoms with E-state index in [1.165, 1.54) is 6.07 Å². The Morgan fingerprint density at radius 1 is 1.47 bits per heavy atom. The number of aromatic nitrogens is 2. The molecule has 0 bridgehead atoms. The molecule has 100 valence electrons. The standard InChI is InChI=1S/C12H14N4O3/c1-3-6-13-10-5-4-9(7-11(10)16(17)18)12-14-8(2)15-19-12/h4-5,7,13H,3,6H2,1-2H3. The van der Waals surface area contributed by atoms with Gasteiger partial charge in [0.1, 0.15) is 5.69 Å². The molecule has 1 N–H and O–H groups in total. The second-order valence-corrected chi connectivity index (χ2v) is 4.06. The normalized spacial score (nSPS) is 10.4. The third-order valence-corrected chi connectivity index (χ3v) is 2.53. The van der Waals surface area contributed by atoms with Gasteiger partial charge < -0.3 is 9.84 Å². The molecule has 19 heavy (non-hydrogen) atoms. The second kappa shape index (κ2) is 5.47. The SMILES string of the molecule is CCCNc1ccc(-c2nc(C)no2)cc1[N+](=O)[O-]. The van der Waals surface area contributed by atoms with E-state index in [1.54, 1.807) is 19.1 Å². The summed E-state index contributed by atoms with van der Waals surface area (Å²) in [6.07, 6.45) is 0.891. The van der Waals surface area contributed by atoms with E-state index >= 15 is 0 Å². The van der Waals surface area contributed by atoms with E-state index in [2.05, 4.69) is 15.5 Å². The van der Waals surface area contributed by atoms with Gasteiger partial charge in [0, 0.05) is 18.2 Å². The molecule has 0 atom stereocenters. The van der Waals surface area contributed by atoms with Crippen LogP contribution in [-0.2, 0) is 0 Å². The van der Waals surface area contributed by atoms with Gasteiger partial charge in [-0.25, -0.2) is 0 Å². The third-order valence-electron chi connectivity index (χ3n) is 2.53. The van der Waals surface area contributed by atoms with Gasteiger partial charge in [-0.3, -0.25) is 10.1 Å². The molecule has 0 aliphatic carbocycles. The molecule has 0 radical (unpaired) electrons. The summed E-state index contributed by atoms with van der Waals surface area (Å²) in [5.74, 6) is 0.772. The summed E-state index contributed by atoms with van der Waals surface area (Å²) in [5.41, 5.74) is 1.03. The number of aryl methyl sites for hydroxylation is 1. The number of benzene rings is 1. The Morgan fingerprint density at radius 2 is 2.26 bits per heavy atom. The van der Waals surface area contributed by atoms with Crippen LogP contribution in [0.4, 0.5) is 11.4 Å². The summed E-state index contributed by atoms with van der Waals surface area (Å²) in [6.45, 7) is 4.37. The Kier molecular flexibility index (Phi) is 3.74. The van der Waals surface area contributed by atoms with Crippen molar-refractivity contribution in [1.29, 1.82) is 0 Å². The summed E-state index contributed by atoms with van der Waals surface area (Å²) in [5, 5.41) is 17.8. The van der Waals surface area contributed by atoms with Gasteiger partial charge in [0.05, 0.1) is 4.92 Å². The lowest BCUT2D eigenvalue weighted by Gasteiger charge is -2.06. The molecule has 7 heteroatoms. The van der Waals surface area contributed by atoms with Crippen LogP contribution in [0.1, 0.15) is 19.2 Å². The first-order valence-corrected chi connectivity index (χ1v) is 5.94. The zero-order chi connectivity index (χ0) is 13.8. The Morgan fingerprint density at radius 3 is 2.84 bits per heavy atom. The molecule has 2 aromatic rings. The van der Waals surface area contributed by atoms with Crippen LogP contribution in [0.15, 0.2) is 22.7 Å². The molecule has 0 aliphatic heterocycles. The number of nitrogens with one attached hydrogen (secondary N) is 1. The van der Waals surface area contributed by atoms with Crippen molar-refractivity contribution < 1.29 is 9.45 Å². The molecule has 0 spiro atoms. The van der Waals surface area contributed by atoms with Gasteiger partial charge in [-0.1, -0.05) is 12.1 Å². The van der Waals surface area contributed by atoms with Crippen LogP contribution >= 0.6 is 0 Å². The van der Waals surface area contributed by atoms with Crippen LogP contribution in [0, 0.1) is 17.0 Å². The minimum Gasteiger partial charge on any atom is -0.380 e. The smallest absolute Gasteiger partial charge is 0.293 e. The first-order chi connectivity index (χ1) is 9.11. The lowest BCUT2D eigenvalue weighted by molar-refractivity contribution is -0.383. The number of nitro groups is 1. The van der Waals surface area contributed by atoms with Crippen LogP contribution in [0.3, 0.4) is 0 Å². The highest BCUT2D eigenvalue weighted by molar-refractivity contribution is 5.69. The average molecular weight is 262 g/mol. The van der Waals surface area contributed by atoms with Gasteiger partial charge in [-0.2, -0.15) is 4.98 Å². The highest BCUT2D eigenvalue weighted by Crippen LogP contribution is 2.29. The summed E-state index contributed by atoms with van der Waals surface area (Å²) < 4.78 is 5.00. The number of hydrogen-bond donors (Lipinski definition) is 1. The molecule has 2 rings (SSSR count). The maximum Gasteiger partial charge on any atom is 0.293 e. The maximum atomic E-state index is 11.1. The zero-order valence-corrected chi connectivity index (χ0v) is 10.7. The van der Waals surface area contributed by atoms with E-state index in [-0.39, 0.29) is 11.6 Å². The van der Waals surface area contributed by atoms with E-state index in [0.717, 1.165) is 6.42 Å². The minimum absolute atomic E-state index is 0.00167. The highest BCUT2D eigenvalue weighted by Gasteiger charge is 2.17. The van der Waals surface area contributed by atoms with E-state index in [9.17, 15) is 10.1 Å². The summed E-state index contributed by atoms with van der Waals surface area (Å²) in [6, 6.07) is 4.81. The van der Waals surface area contributed by atoms with Gasteiger partial charge in [-0.05, 0) is 25.5 Å². The fraction of sp³-hybridized carbons (Fsp3) is 0.333.